The van der Waals surface area contributed by atoms with Crippen molar-refractivity contribution in [3.05, 3.63) is 53.1 Å². The molecular weight excluding hydrogens is 310 g/mol. The normalized spacial score (nSPS) is 11.2. The molecule has 0 unspecified atom stereocenters. The molecule has 0 atom stereocenters. The zero-order valence-corrected chi connectivity index (χ0v) is 13.6. The number of hydrogen-bond donors (Lipinski definition) is 0. The Morgan fingerprint density at radius 3 is 2.38 bits per heavy atom. The molecule has 0 saturated carbocycles. The van der Waals surface area contributed by atoms with Gasteiger partial charge in [-0.25, -0.2) is 8.42 Å². The van der Waals surface area contributed by atoms with Crippen LogP contribution in [0.1, 0.15) is 5.56 Å². The minimum absolute atomic E-state index is 0.124. The van der Waals surface area contributed by atoms with Gasteiger partial charge in [-0.3, -0.25) is 4.31 Å². The summed E-state index contributed by atoms with van der Waals surface area (Å²) in [6.45, 7) is 1.86. The van der Waals surface area contributed by atoms with E-state index in [1.54, 1.807) is 18.2 Å². The van der Waals surface area contributed by atoms with Crippen LogP contribution in [0.5, 0.6) is 5.75 Å². The number of benzene rings is 2. The monoisotopic (exact) mass is 325 g/mol. The summed E-state index contributed by atoms with van der Waals surface area (Å²) in [5.74, 6) is 0.439. The van der Waals surface area contributed by atoms with Crippen molar-refractivity contribution in [2.45, 2.75) is 11.8 Å². The number of nitrogens with zero attached hydrogens (tertiary/aromatic N) is 1. The second-order valence-electron chi connectivity index (χ2n) is 4.56. The lowest BCUT2D eigenvalue weighted by molar-refractivity contribution is 0.414. The molecule has 0 fully saturated rings. The van der Waals surface area contributed by atoms with E-state index in [0.717, 1.165) is 5.56 Å². The van der Waals surface area contributed by atoms with E-state index in [1.165, 1.54) is 30.6 Å². The highest BCUT2D eigenvalue weighted by Crippen LogP contribution is 2.30. The maximum absolute atomic E-state index is 12.7. The molecule has 6 heteroatoms. The predicted octanol–water partition coefficient (Wildman–Crippen LogP) is 3.48. The molecule has 0 amide bonds. The molecule has 2 aromatic rings. The fraction of sp³-hybridized carbons (Fsp3) is 0.200. The van der Waals surface area contributed by atoms with E-state index in [0.29, 0.717) is 11.4 Å². The molecular formula is C15H16ClNO3S. The second-order valence-corrected chi connectivity index (χ2v) is 6.93. The first-order valence-corrected chi connectivity index (χ1v) is 8.08. The van der Waals surface area contributed by atoms with Crippen molar-refractivity contribution in [3.63, 3.8) is 0 Å². The number of rotatable bonds is 4. The van der Waals surface area contributed by atoms with Crippen LogP contribution in [0.15, 0.2) is 47.4 Å². The van der Waals surface area contributed by atoms with Crippen LogP contribution < -0.4 is 9.04 Å². The maximum atomic E-state index is 12.7. The summed E-state index contributed by atoms with van der Waals surface area (Å²) in [6, 6.07) is 11.7. The molecule has 112 valence electrons. The number of aryl methyl sites for hydroxylation is 1. The van der Waals surface area contributed by atoms with Crippen LogP contribution in [0.25, 0.3) is 0 Å². The smallest absolute Gasteiger partial charge is 0.264 e. The average Bonchev–Trinajstić information content (AvgIpc) is 2.47. The van der Waals surface area contributed by atoms with Crippen molar-refractivity contribution < 1.29 is 13.2 Å². The molecule has 21 heavy (non-hydrogen) atoms. The Morgan fingerprint density at radius 2 is 1.81 bits per heavy atom. The number of halogens is 1. The lowest BCUT2D eigenvalue weighted by Gasteiger charge is -2.21. The minimum atomic E-state index is -3.67. The van der Waals surface area contributed by atoms with Crippen LogP contribution in [0.2, 0.25) is 5.02 Å². The molecule has 0 bridgehead atoms. The third-order valence-electron chi connectivity index (χ3n) is 3.24. The number of anilines is 1. The van der Waals surface area contributed by atoms with E-state index >= 15 is 0 Å². The highest BCUT2D eigenvalue weighted by atomic mass is 35.5. The van der Waals surface area contributed by atoms with E-state index in [4.69, 9.17) is 16.3 Å². The van der Waals surface area contributed by atoms with Gasteiger partial charge in [-0.15, -0.1) is 0 Å². The summed E-state index contributed by atoms with van der Waals surface area (Å²) >= 11 is 6.01. The summed E-state index contributed by atoms with van der Waals surface area (Å²) in [4.78, 5) is 0.124. The Balaban J connectivity index is 2.47. The van der Waals surface area contributed by atoms with Gasteiger partial charge < -0.3 is 4.74 Å². The van der Waals surface area contributed by atoms with Gasteiger partial charge in [0.25, 0.3) is 10.0 Å². The summed E-state index contributed by atoms with van der Waals surface area (Å²) in [7, 11) is -0.664. The highest BCUT2D eigenvalue weighted by Gasteiger charge is 2.23. The van der Waals surface area contributed by atoms with Crippen LogP contribution in [0, 0.1) is 6.92 Å². The molecule has 2 rings (SSSR count). The zero-order valence-electron chi connectivity index (χ0n) is 12.0. The lowest BCUT2D eigenvalue weighted by Crippen LogP contribution is -2.27. The van der Waals surface area contributed by atoms with Gasteiger partial charge in [0.1, 0.15) is 5.75 Å². The zero-order chi connectivity index (χ0) is 15.6. The fourth-order valence-electron chi connectivity index (χ4n) is 2.01. The van der Waals surface area contributed by atoms with Crippen molar-refractivity contribution in [1.82, 2.24) is 0 Å². The van der Waals surface area contributed by atoms with E-state index < -0.39 is 10.0 Å². The standard InChI is InChI=1S/C15H16ClNO3S/c1-11-6-4-5-7-14(11)17(2)21(18,19)12-8-9-15(20-3)13(16)10-12/h4-10H,1-3H3. The summed E-state index contributed by atoms with van der Waals surface area (Å²) in [5, 5.41) is 0.261. The number of sulfonamides is 1. The van der Waals surface area contributed by atoms with Crippen molar-refractivity contribution in [1.29, 1.82) is 0 Å². The Labute approximate surface area is 130 Å². The molecule has 0 aromatic heterocycles. The van der Waals surface area contributed by atoms with Gasteiger partial charge in [-0.1, -0.05) is 29.8 Å². The van der Waals surface area contributed by atoms with Crippen molar-refractivity contribution in [2.75, 3.05) is 18.5 Å². The van der Waals surface area contributed by atoms with Gasteiger partial charge in [-0.05, 0) is 36.8 Å². The number of ether oxygens (including phenoxy) is 1. The Kier molecular flexibility index (Phi) is 4.44. The Bertz CT molecular complexity index is 759. The first-order valence-electron chi connectivity index (χ1n) is 6.26. The van der Waals surface area contributed by atoms with Gasteiger partial charge in [0.15, 0.2) is 0 Å². The fourth-order valence-corrected chi connectivity index (χ4v) is 3.62. The van der Waals surface area contributed by atoms with Crippen molar-refractivity contribution in [2.24, 2.45) is 0 Å². The third-order valence-corrected chi connectivity index (χ3v) is 5.30. The topological polar surface area (TPSA) is 46.6 Å². The molecule has 0 aliphatic heterocycles. The van der Waals surface area contributed by atoms with Gasteiger partial charge >= 0.3 is 0 Å². The SMILES string of the molecule is COc1ccc(S(=O)(=O)N(C)c2ccccc2C)cc1Cl. The molecule has 0 aliphatic rings. The van der Waals surface area contributed by atoms with Crippen molar-refractivity contribution in [3.8, 4) is 5.75 Å². The van der Waals surface area contributed by atoms with E-state index in [9.17, 15) is 8.42 Å². The van der Waals surface area contributed by atoms with E-state index in [-0.39, 0.29) is 9.92 Å². The van der Waals surface area contributed by atoms with Gasteiger partial charge in [0.2, 0.25) is 0 Å². The Morgan fingerprint density at radius 1 is 1.14 bits per heavy atom. The molecule has 0 N–H and O–H groups in total. The van der Waals surface area contributed by atoms with Gasteiger partial charge in [0.05, 0.1) is 22.7 Å². The largest absolute Gasteiger partial charge is 0.495 e. The third kappa shape index (κ3) is 2.99. The highest BCUT2D eigenvalue weighted by molar-refractivity contribution is 7.92. The van der Waals surface area contributed by atoms with Crippen LogP contribution in [-0.2, 0) is 10.0 Å². The molecule has 0 aliphatic carbocycles. The van der Waals surface area contributed by atoms with E-state index in [2.05, 4.69) is 0 Å². The first kappa shape index (κ1) is 15.7. The number of hydrogen-bond acceptors (Lipinski definition) is 3. The Hall–Kier alpha value is -1.72. The van der Waals surface area contributed by atoms with E-state index in [1.807, 2.05) is 19.1 Å². The predicted molar refractivity (Wildman–Crippen MR) is 84.8 cm³/mol. The lowest BCUT2D eigenvalue weighted by atomic mass is 10.2. The molecule has 4 nitrogen and oxygen atoms in total. The van der Waals surface area contributed by atoms with Crippen LogP contribution in [0.3, 0.4) is 0 Å². The van der Waals surface area contributed by atoms with Gasteiger partial charge in [0, 0.05) is 7.05 Å². The van der Waals surface area contributed by atoms with Crippen LogP contribution in [-0.4, -0.2) is 22.6 Å². The number of methoxy groups -OCH3 is 1. The molecule has 0 radical (unpaired) electrons. The van der Waals surface area contributed by atoms with Crippen molar-refractivity contribution >= 4 is 27.3 Å². The first-order chi connectivity index (χ1) is 9.87. The van der Waals surface area contributed by atoms with Crippen LogP contribution >= 0.6 is 11.6 Å². The summed E-state index contributed by atoms with van der Waals surface area (Å²) in [5.41, 5.74) is 1.51. The molecule has 0 heterocycles. The quantitative estimate of drug-likeness (QED) is 0.864. The molecule has 0 saturated heterocycles. The maximum Gasteiger partial charge on any atom is 0.264 e. The summed E-state index contributed by atoms with van der Waals surface area (Å²) < 4.78 is 31.6. The minimum Gasteiger partial charge on any atom is -0.495 e. The van der Waals surface area contributed by atoms with Gasteiger partial charge in [-0.2, -0.15) is 0 Å². The molecule has 0 spiro atoms. The summed E-state index contributed by atoms with van der Waals surface area (Å²) in [6.07, 6.45) is 0. The second kappa shape index (κ2) is 5.95. The average molecular weight is 326 g/mol. The molecule has 2 aromatic carbocycles. The van der Waals surface area contributed by atoms with Crippen LogP contribution in [0.4, 0.5) is 5.69 Å². The number of para-hydroxylation sites is 1.